The molecule has 39 heavy (non-hydrogen) atoms. The standard InChI is InChI=1S/C16H26N2O2.C15H24N2O2/c1-4-5-11-20-15-8-6-7-14(12-15)9-10-18-13(2)16(19)17-3;1-3-4-10-19-14-7-5-6-13(11-14)8-9-17-12(2)15(16)18/h6-8,12-13,18H,4-5,9-11H2,1-3H3,(H,17,19);5-7,11-12,17H,3-4,8-10H2,1-2H3,(H2,16,18)/t13-;12-/m00/s1. The number of hydrogen-bond acceptors (Lipinski definition) is 6. The Bertz CT molecular complexity index is 954. The lowest BCUT2D eigenvalue weighted by Gasteiger charge is -2.12. The Kier molecular flexibility index (Phi) is 18.1. The molecule has 0 unspecified atom stereocenters. The van der Waals surface area contributed by atoms with Gasteiger partial charge in [-0.15, -0.1) is 0 Å². The molecule has 0 bridgehead atoms. The molecule has 0 aliphatic rings. The Morgan fingerprint density at radius 2 is 1.26 bits per heavy atom. The van der Waals surface area contributed by atoms with Crippen LogP contribution in [0.4, 0.5) is 0 Å². The first-order chi connectivity index (χ1) is 18.8. The van der Waals surface area contributed by atoms with Crippen LogP contribution in [0.15, 0.2) is 48.5 Å². The van der Waals surface area contributed by atoms with Gasteiger partial charge in [0.25, 0.3) is 0 Å². The van der Waals surface area contributed by atoms with E-state index in [1.54, 1.807) is 14.0 Å². The third kappa shape index (κ3) is 15.8. The van der Waals surface area contributed by atoms with Crippen molar-refractivity contribution in [1.29, 1.82) is 0 Å². The molecule has 2 aromatic carbocycles. The fourth-order valence-corrected chi connectivity index (χ4v) is 3.53. The zero-order valence-electron chi connectivity index (χ0n) is 24.6. The molecule has 2 aromatic rings. The second-order valence-electron chi connectivity index (χ2n) is 9.57. The monoisotopic (exact) mass is 542 g/mol. The molecule has 0 fully saturated rings. The van der Waals surface area contributed by atoms with E-state index >= 15 is 0 Å². The van der Waals surface area contributed by atoms with E-state index in [9.17, 15) is 9.59 Å². The van der Waals surface area contributed by atoms with Crippen LogP contribution in [0.25, 0.3) is 0 Å². The van der Waals surface area contributed by atoms with E-state index in [-0.39, 0.29) is 23.9 Å². The Morgan fingerprint density at radius 1 is 0.795 bits per heavy atom. The highest BCUT2D eigenvalue weighted by molar-refractivity contribution is 5.80. The van der Waals surface area contributed by atoms with Crippen LogP contribution in [-0.4, -0.2) is 57.2 Å². The number of nitrogens with two attached hydrogens (primary N) is 1. The zero-order valence-corrected chi connectivity index (χ0v) is 24.6. The van der Waals surface area contributed by atoms with E-state index in [1.165, 1.54) is 11.1 Å². The summed E-state index contributed by atoms with van der Waals surface area (Å²) in [6, 6.07) is 15.8. The SMILES string of the molecule is CCCCOc1cccc(CCN[C@@H](C)C(=O)NC)c1.CCCCOc1cccc(CCN[C@@H](C)C(N)=O)c1. The number of ether oxygens (including phenoxy) is 2. The Labute approximate surface area is 235 Å². The lowest BCUT2D eigenvalue weighted by atomic mass is 10.1. The minimum atomic E-state index is -0.323. The van der Waals surface area contributed by atoms with Crippen molar-refractivity contribution in [3.8, 4) is 11.5 Å². The van der Waals surface area contributed by atoms with E-state index < -0.39 is 0 Å². The molecule has 5 N–H and O–H groups in total. The highest BCUT2D eigenvalue weighted by Crippen LogP contribution is 2.15. The van der Waals surface area contributed by atoms with Crippen molar-refractivity contribution in [2.24, 2.45) is 5.73 Å². The number of primary amides is 1. The maximum atomic E-state index is 11.4. The van der Waals surface area contributed by atoms with Gasteiger partial charge in [-0.2, -0.15) is 0 Å². The molecule has 0 spiro atoms. The maximum Gasteiger partial charge on any atom is 0.236 e. The van der Waals surface area contributed by atoms with Crippen LogP contribution in [0.2, 0.25) is 0 Å². The predicted molar refractivity (Wildman–Crippen MR) is 159 cm³/mol. The van der Waals surface area contributed by atoms with Gasteiger partial charge in [-0.3, -0.25) is 9.59 Å². The van der Waals surface area contributed by atoms with Crippen LogP contribution in [0.3, 0.4) is 0 Å². The van der Waals surface area contributed by atoms with Crippen molar-refractivity contribution < 1.29 is 19.1 Å². The Balaban J connectivity index is 0.000000391. The fourth-order valence-electron chi connectivity index (χ4n) is 3.53. The third-order valence-corrected chi connectivity index (χ3v) is 6.12. The average molecular weight is 543 g/mol. The summed E-state index contributed by atoms with van der Waals surface area (Å²) in [6.07, 6.45) is 6.15. The molecule has 2 atom stereocenters. The normalized spacial score (nSPS) is 12.0. The third-order valence-electron chi connectivity index (χ3n) is 6.12. The largest absolute Gasteiger partial charge is 0.494 e. The van der Waals surface area contributed by atoms with E-state index in [4.69, 9.17) is 15.2 Å². The first-order valence-electron chi connectivity index (χ1n) is 14.2. The summed E-state index contributed by atoms with van der Waals surface area (Å²) in [7, 11) is 1.65. The summed E-state index contributed by atoms with van der Waals surface area (Å²) in [5.74, 6) is 1.53. The number of benzene rings is 2. The number of nitrogens with one attached hydrogen (secondary N) is 3. The number of carbonyl (C=O) groups excluding carboxylic acids is 2. The molecule has 0 aromatic heterocycles. The zero-order chi connectivity index (χ0) is 28.9. The molecule has 0 aliphatic carbocycles. The lowest BCUT2D eigenvalue weighted by Crippen LogP contribution is -2.41. The van der Waals surface area contributed by atoms with E-state index in [1.807, 2.05) is 37.3 Å². The van der Waals surface area contributed by atoms with Gasteiger partial charge in [-0.05, 0) is 88.0 Å². The van der Waals surface area contributed by atoms with Crippen LogP contribution in [0.1, 0.15) is 64.5 Å². The van der Waals surface area contributed by atoms with Crippen molar-refractivity contribution >= 4 is 11.8 Å². The van der Waals surface area contributed by atoms with Gasteiger partial charge in [0, 0.05) is 7.05 Å². The molecule has 0 saturated heterocycles. The van der Waals surface area contributed by atoms with Gasteiger partial charge in [0.2, 0.25) is 11.8 Å². The summed E-state index contributed by atoms with van der Waals surface area (Å²) >= 11 is 0. The van der Waals surface area contributed by atoms with Gasteiger partial charge in [0.05, 0.1) is 25.3 Å². The molecule has 0 radical (unpaired) electrons. The van der Waals surface area contributed by atoms with Crippen LogP contribution in [0, 0.1) is 0 Å². The summed E-state index contributed by atoms with van der Waals surface area (Å²) in [5.41, 5.74) is 7.60. The molecule has 8 nitrogen and oxygen atoms in total. The van der Waals surface area contributed by atoms with Crippen molar-refractivity contribution in [3.63, 3.8) is 0 Å². The van der Waals surface area contributed by atoms with Crippen LogP contribution in [-0.2, 0) is 22.4 Å². The lowest BCUT2D eigenvalue weighted by molar-refractivity contribution is -0.122. The van der Waals surface area contributed by atoms with E-state index in [0.29, 0.717) is 0 Å². The van der Waals surface area contributed by atoms with E-state index in [2.05, 4.69) is 48.0 Å². The molecule has 0 aliphatic heterocycles. The predicted octanol–water partition coefficient (Wildman–Crippen LogP) is 4.00. The van der Waals surface area contributed by atoms with Crippen molar-refractivity contribution in [3.05, 3.63) is 59.7 Å². The molecule has 2 amide bonds. The number of likely N-dealkylation sites (N-methyl/N-ethyl adjacent to an activating group) is 1. The van der Waals surface area contributed by atoms with Crippen LogP contribution in [0.5, 0.6) is 11.5 Å². The van der Waals surface area contributed by atoms with Gasteiger partial charge in [-0.1, -0.05) is 51.0 Å². The van der Waals surface area contributed by atoms with Crippen LogP contribution >= 0.6 is 0 Å². The number of carbonyl (C=O) groups is 2. The summed E-state index contributed by atoms with van der Waals surface area (Å²) in [5, 5.41) is 8.92. The summed E-state index contributed by atoms with van der Waals surface area (Å²) < 4.78 is 11.3. The smallest absolute Gasteiger partial charge is 0.236 e. The molecular weight excluding hydrogens is 492 g/mol. The molecule has 0 saturated carbocycles. The molecule has 2 rings (SSSR count). The summed E-state index contributed by atoms with van der Waals surface area (Å²) in [6.45, 7) is 11.0. The number of amides is 2. The highest BCUT2D eigenvalue weighted by Gasteiger charge is 2.09. The molecule has 0 heterocycles. The minimum Gasteiger partial charge on any atom is -0.494 e. The van der Waals surface area contributed by atoms with E-state index in [0.717, 1.165) is 76.3 Å². The number of hydrogen-bond donors (Lipinski definition) is 4. The van der Waals surface area contributed by atoms with Crippen molar-refractivity contribution in [1.82, 2.24) is 16.0 Å². The molecule has 8 heteroatoms. The first-order valence-corrected chi connectivity index (χ1v) is 14.2. The minimum absolute atomic E-state index is 0.0154. The number of unbranched alkanes of at least 4 members (excludes halogenated alkanes) is 2. The Hall–Kier alpha value is -3.10. The van der Waals surface area contributed by atoms with Gasteiger partial charge in [-0.25, -0.2) is 0 Å². The van der Waals surface area contributed by atoms with Crippen molar-refractivity contribution in [2.45, 2.75) is 78.3 Å². The van der Waals surface area contributed by atoms with Gasteiger partial charge in [0.1, 0.15) is 11.5 Å². The number of rotatable bonds is 18. The van der Waals surface area contributed by atoms with Gasteiger partial charge < -0.3 is 31.2 Å². The topological polar surface area (TPSA) is 115 Å². The second kappa shape index (κ2) is 20.8. The molecule has 218 valence electrons. The Morgan fingerprint density at radius 3 is 1.67 bits per heavy atom. The maximum absolute atomic E-state index is 11.4. The van der Waals surface area contributed by atoms with Gasteiger partial charge >= 0.3 is 0 Å². The van der Waals surface area contributed by atoms with Crippen molar-refractivity contribution in [2.75, 3.05) is 33.4 Å². The van der Waals surface area contributed by atoms with Gasteiger partial charge in [0.15, 0.2) is 0 Å². The summed E-state index contributed by atoms with van der Waals surface area (Å²) in [4.78, 5) is 22.2. The first kappa shape index (κ1) is 33.9. The van der Waals surface area contributed by atoms with Crippen LogP contribution < -0.4 is 31.2 Å². The quantitative estimate of drug-likeness (QED) is 0.212. The second-order valence-corrected chi connectivity index (χ2v) is 9.57. The average Bonchev–Trinajstić information content (AvgIpc) is 2.93. The molecular formula is C31H50N4O4. The highest BCUT2D eigenvalue weighted by atomic mass is 16.5. The fraction of sp³-hybridized carbons (Fsp3) is 0.548.